The normalized spacial score (nSPS) is 11.3. The van der Waals surface area contributed by atoms with Crippen molar-refractivity contribution in [1.82, 2.24) is 0 Å². The van der Waals surface area contributed by atoms with Gasteiger partial charge in [-0.15, -0.1) is 0 Å². The highest BCUT2D eigenvalue weighted by Crippen LogP contribution is 2.33. The van der Waals surface area contributed by atoms with Crippen molar-refractivity contribution in [3.63, 3.8) is 0 Å². The lowest BCUT2D eigenvalue weighted by Crippen LogP contribution is -2.15. The third kappa shape index (κ3) is 3.20. The Bertz CT molecular complexity index is 756. The standard InChI is InChI=1S/C15H15N3O4/c1-3-22-15(19)10(2)16-17-13-9-8-11-6-4-5-7-12(11)14(13)18(20)21/h4-9,17H,3H2,1-2H3/b16-10+. The van der Waals surface area contributed by atoms with Gasteiger partial charge in [0.15, 0.2) is 0 Å². The van der Waals surface area contributed by atoms with Crippen LogP contribution in [0.1, 0.15) is 13.8 Å². The summed E-state index contributed by atoms with van der Waals surface area (Å²) in [5.74, 6) is -0.571. The largest absolute Gasteiger partial charge is 0.461 e. The molecule has 0 saturated heterocycles. The highest BCUT2D eigenvalue weighted by molar-refractivity contribution is 6.35. The van der Waals surface area contributed by atoms with Crippen molar-refractivity contribution in [2.45, 2.75) is 13.8 Å². The van der Waals surface area contributed by atoms with Crippen LogP contribution in [-0.2, 0) is 9.53 Å². The Labute approximate surface area is 126 Å². The number of carbonyl (C=O) groups excluding carboxylic acids is 1. The molecule has 0 radical (unpaired) electrons. The van der Waals surface area contributed by atoms with E-state index in [4.69, 9.17) is 4.74 Å². The summed E-state index contributed by atoms with van der Waals surface area (Å²) in [7, 11) is 0. The molecule has 2 aromatic rings. The molecular formula is C15H15N3O4. The van der Waals surface area contributed by atoms with Crippen molar-refractivity contribution in [3.05, 3.63) is 46.5 Å². The number of hydrazone groups is 1. The number of hydrogen-bond acceptors (Lipinski definition) is 6. The predicted octanol–water partition coefficient (Wildman–Crippen LogP) is 3.10. The Morgan fingerprint density at radius 1 is 1.32 bits per heavy atom. The number of hydrogen-bond donors (Lipinski definition) is 1. The van der Waals surface area contributed by atoms with Crippen molar-refractivity contribution in [2.24, 2.45) is 5.10 Å². The van der Waals surface area contributed by atoms with E-state index in [0.29, 0.717) is 5.39 Å². The van der Waals surface area contributed by atoms with E-state index in [1.54, 1.807) is 37.3 Å². The van der Waals surface area contributed by atoms with Crippen LogP contribution in [0.2, 0.25) is 0 Å². The van der Waals surface area contributed by atoms with E-state index >= 15 is 0 Å². The molecule has 0 unspecified atom stereocenters. The summed E-state index contributed by atoms with van der Waals surface area (Å²) >= 11 is 0. The second kappa shape index (κ2) is 6.66. The highest BCUT2D eigenvalue weighted by Gasteiger charge is 2.18. The maximum Gasteiger partial charge on any atom is 0.354 e. The number of anilines is 1. The number of nitro groups is 1. The van der Waals surface area contributed by atoms with Crippen LogP contribution >= 0.6 is 0 Å². The number of nitro benzene ring substituents is 1. The second-order valence-corrected chi connectivity index (χ2v) is 4.47. The predicted molar refractivity (Wildman–Crippen MR) is 84.0 cm³/mol. The highest BCUT2D eigenvalue weighted by atomic mass is 16.6. The first-order chi connectivity index (χ1) is 10.5. The van der Waals surface area contributed by atoms with Gasteiger partial charge in [0.25, 0.3) is 0 Å². The number of esters is 1. The number of nitrogens with zero attached hydrogens (tertiary/aromatic N) is 2. The quantitative estimate of drug-likeness (QED) is 0.396. The van der Waals surface area contributed by atoms with E-state index < -0.39 is 10.9 Å². The van der Waals surface area contributed by atoms with Crippen LogP contribution in [0.5, 0.6) is 0 Å². The van der Waals surface area contributed by atoms with Gasteiger partial charge in [0, 0.05) is 0 Å². The summed E-state index contributed by atoms with van der Waals surface area (Å²) in [6, 6.07) is 10.3. The van der Waals surface area contributed by atoms with Crippen molar-refractivity contribution in [3.8, 4) is 0 Å². The van der Waals surface area contributed by atoms with E-state index in [2.05, 4.69) is 10.5 Å². The fourth-order valence-corrected chi connectivity index (χ4v) is 1.97. The van der Waals surface area contributed by atoms with Crippen molar-refractivity contribution in [2.75, 3.05) is 12.0 Å². The number of carbonyl (C=O) groups is 1. The molecule has 0 aliphatic heterocycles. The minimum absolute atomic E-state index is 0.0847. The number of nitrogens with one attached hydrogen (secondary N) is 1. The van der Waals surface area contributed by atoms with Gasteiger partial charge in [-0.05, 0) is 31.4 Å². The molecule has 0 bridgehead atoms. The van der Waals surface area contributed by atoms with Gasteiger partial charge in [-0.2, -0.15) is 5.10 Å². The zero-order valence-electron chi connectivity index (χ0n) is 12.2. The minimum Gasteiger partial charge on any atom is -0.461 e. The molecule has 0 saturated carbocycles. The zero-order chi connectivity index (χ0) is 16.1. The van der Waals surface area contributed by atoms with Gasteiger partial charge in [0.05, 0.1) is 16.9 Å². The first-order valence-electron chi connectivity index (χ1n) is 6.68. The minimum atomic E-state index is -0.571. The number of benzene rings is 2. The van der Waals surface area contributed by atoms with E-state index in [9.17, 15) is 14.9 Å². The molecule has 0 amide bonds. The fourth-order valence-electron chi connectivity index (χ4n) is 1.97. The molecular weight excluding hydrogens is 286 g/mol. The van der Waals surface area contributed by atoms with Gasteiger partial charge in [-0.3, -0.25) is 15.5 Å². The van der Waals surface area contributed by atoms with Gasteiger partial charge in [-0.1, -0.05) is 24.3 Å². The lowest BCUT2D eigenvalue weighted by Gasteiger charge is -2.06. The third-order valence-electron chi connectivity index (χ3n) is 3.00. The summed E-state index contributed by atoms with van der Waals surface area (Å²) < 4.78 is 4.80. The van der Waals surface area contributed by atoms with Gasteiger partial charge >= 0.3 is 11.7 Å². The fraction of sp³-hybridized carbons (Fsp3) is 0.200. The van der Waals surface area contributed by atoms with Crippen LogP contribution < -0.4 is 5.43 Å². The Morgan fingerprint density at radius 2 is 2.05 bits per heavy atom. The number of ether oxygens (including phenoxy) is 1. The topological polar surface area (TPSA) is 93.8 Å². The molecule has 7 heteroatoms. The van der Waals surface area contributed by atoms with Crippen molar-refractivity contribution >= 4 is 33.8 Å². The lowest BCUT2D eigenvalue weighted by atomic mass is 10.1. The molecule has 7 nitrogen and oxygen atoms in total. The first kappa shape index (κ1) is 15.4. The Morgan fingerprint density at radius 3 is 2.73 bits per heavy atom. The van der Waals surface area contributed by atoms with Crippen molar-refractivity contribution < 1.29 is 14.5 Å². The first-order valence-corrected chi connectivity index (χ1v) is 6.68. The molecule has 0 fully saturated rings. The summed E-state index contributed by atoms with van der Waals surface area (Å²) in [5, 5.41) is 16.4. The molecule has 22 heavy (non-hydrogen) atoms. The Kier molecular flexibility index (Phi) is 4.67. The monoisotopic (exact) mass is 301 g/mol. The smallest absolute Gasteiger partial charge is 0.354 e. The third-order valence-corrected chi connectivity index (χ3v) is 3.00. The Hall–Kier alpha value is -2.96. The summed E-state index contributed by atoms with van der Waals surface area (Å²) in [4.78, 5) is 22.3. The van der Waals surface area contributed by atoms with Crippen LogP contribution in [0, 0.1) is 10.1 Å². The lowest BCUT2D eigenvalue weighted by molar-refractivity contribution is -0.382. The average Bonchev–Trinajstić information content (AvgIpc) is 2.51. The molecule has 2 aromatic carbocycles. The van der Waals surface area contributed by atoms with Crippen LogP contribution in [0.4, 0.5) is 11.4 Å². The van der Waals surface area contributed by atoms with E-state index in [-0.39, 0.29) is 23.7 Å². The number of fused-ring (bicyclic) bond motifs is 1. The molecule has 0 heterocycles. The molecule has 0 atom stereocenters. The average molecular weight is 301 g/mol. The molecule has 114 valence electrons. The SMILES string of the molecule is CCOC(=O)/C(C)=N/Nc1ccc2ccccc2c1[N+](=O)[O-]. The molecule has 2 rings (SSSR count). The Balaban J connectivity index is 2.39. The summed E-state index contributed by atoms with van der Waals surface area (Å²) in [6.07, 6.45) is 0. The zero-order valence-corrected chi connectivity index (χ0v) is 12.2. The molecule has 0 spiro atoms. The van der Waals surface area contributed by atoms with E-state index in [1.807, 2.05) is 6.07 Å². The maximum atomic E-state index is 11.5. The van der Waals surface area contributed by atoms with E-state index in [1.165, 1.54) is 6.92 Å². The summed E-state index contributed by atoms with van der Waals surface area (Å²) in [5.41, 5.74) is 2.79. The van der Waals surface area contributed by atoms with E-state index in [0.717, 1.165) is 5.39 Å². The van der Waals surface area contributed by atoms with Crippen LogP contribution in [-0.4, -0.2) is 23.2 Å². The van der Waals surface area contributed by atoms with Crippen LogP contribution in [0.25, 0.3) is 10.8 Å². The van der Waals surface area contributed by atoms with Gasteiger partial charge < -0.3 is 4.74 Å². The van der Waals surface area contributed by atoms with Gasteiger partial charge in [0.2, 0.25) is 0 Å². The van der Waals surface area contributed by atoms with Gasteiger partial charge in [-0.25, -0.2) is 4.79 Å². The molecule has 0 aliphatic carbocycles. The summed E-state index contributed by atoms with van der Waals surface area (Å²) in [6.45, 7) is 3.40. The van der Waals surface area contributed by atoms with Gasteiger partial charge in [0.1, 0.15) is 11.4 Å². The number of rotatable bonds is 5. The molecule has 1 N–H and O–H groups in total. The van der Waals surface area contributed by atoms with Crippen molar-refractivity contribution in [1.29, 1.82) is 0 Å². The second-order valence-electron chi connectivity index (χ2n) is 4.47. The maximum absolute atomic E-state index is 11.5. The van der Waals surface area contributed by atoms with Crippen LogP contribution in [0.3, 0.4) is 0 Å². The molecule has 0 aliphatic rings. The molecule has 0 aromatic heterocycles. The van der Waals surface area contributed by atoms with Crippen LogP contribution in [0.15, 0.2) is 41.5 Å².